The van der Waals surface area contributed by atoms with Crippen molar-refractivity contribution < 1.29 is 89.4 Å². The topological polar surface area (TPSA) is 307 Å². The number of amides is 1. The van der Waals surface area contributed by atoms with Gasteiger partial charge in [-0.3, -0.25) is 4.79 Å². The zero-order valence-electron chi connectivity index (χ0n) is 70.2. The zero-order chi connectivity index (χ0) is 80.3. The standard InChI is InChI=1S/C92H169NO18/c1-3-5-7-9-11-13-15-17-19-21-23-25-27-29-31-33-35-37-39-41-43-45-47-49-51-53-55-57-59-61-63-65-67-69-76(97)75(74-106-90-86(104)83(101)88(78(72-95)108-90)111-92-87(105)84(102)89(79(73-96)109-92)110-91-85(103)82(100)81(99)77(71-94)107-91)93-80(98)70-68-66-64-62-60-58-56-54-52-50-48-46-44-42-40-38-36-34-32-30-28-26-24-22-20-18-16-14-12-10-8-6-4-2/h6,8,12,14,18,20,24,26,67,69,75-79,81-92,94-97,99-105H,3-5,7,9-11,13,15-17,19,21-23,25,27-66,68,70-74H2,1-2H3,(H,93,98)/b8-6-,14-12-,20-18-,26-24-,69-67+. The lowest BCUT2D eigenvalue weighted by atomic mass is 9.96. The van der Waals surface area contributed by atoms with E-state index in [1.165, 1.54) is 289 Å². The van der Waals surface area contributed by atoms with Gasteiger partial charge in [0.05, 0.1) is 38.6 Å². The van der Waals surface area contributed by atoms with E-state index in [-0.39, 0.29) is 18.9 Å². The molecule has 17 unspecified atom stereocenters. The van der Waals surface area contributed by atoms with Crippen LogP contribution >= 0.6 is 0 Å². The van der Waals surface area contributed by atoms with Gasteiger partial charge in [0, 0.05) is 6.42 Å². The number of ether oxygens (including phenoxy) is 6. The first kappa shape index (κ1) is 103. The molecule has 3 fully saturated rings. The molecule has 3 saturated heterocycles. The van der Waals surface area contributed by atoms with Crippen LogP contribution in [-0.4, -0.2) is 193 Å². The fourth-order valence-electron chi connectivity index (χ4n) is 15.5. The minimum atomic E-state index is -1.98. The highest BCUT2D eigenvalue weighted by Gasteiger charge is 2.54. The molecule has 111 heavy (non-hydrogen) atoms. The molecule has 0 radical (unpaired) electrons. The molecule has 3 aliphatic heterocycles. The molecule has 3 aliphatic rings. The van der Waals surface area contributed by atoms with Crippen LogP contribution in [-0.2, 0) is 33.2 Å². The van der Waals surface area contributed by atoms with Gasteiger partial charge in [-0.2, -0.15) is 0 Å². The van der Waals surface area contributed by atoms with Crippen molar-refractivity contribution in [3.8, 4) is 0 Å². The molecule has 1 amide bonds. The highest BCUT2D eigenvalue weighted by atomic mass is 16.8. The van der Waals surface area contributed by atoms with Gasteiger partial charge in [-0.15, -0.1) is 0 Å². The molecule has 0 aromatic heterocycles. The molecule has 0 bridgehead atoms. The first-order valence-corrected chi connectivity index (χ1v) is 46.0. The van der Waals surface area contributed by atoms with Gasteiger partial charge in [-0.25, -0.2) is 0 Å². The van der Waals surface area contributed by atoms with Gasteiger partial charge in [-0.1, -0.05) is 383 Å². The summed E-state index contributed by atoms with van der Waals surface area (Å²) in [5.74, 6) is -0.269. The number of rotatable bonds is 75. The van der Waals surface area contributed by atoms with E-state index >= 15 is 0 Å². The average molecular weight is 1580 g/mol. The zero-order valence-corrected chi connectivity index (χ0v) is 70.2. The average Bonchev–Trinajstić information content (AvgIpc) is 0.780. The summed E-state index contributed by atoms with van der Waals surface area (Å²) in [7, 11) is 0. The van der Waals surface area contributed by atoms with Crippen LogP contribution in [0.5, 0.6) is 0 Å². The molecular formula is C92H169NO18. The van der Waals surface area contributed by atoms with Crippen molar-refractivity contribution >= 4 is 5.91 Å². The molecule has 19 heteroatoms. The van der Waals surface area contributed by atoms with Crippen molar-refractivity contribution in [3.63, 3.8) is 0 Å². The quantitative estimate of drug-likeness (QED) is 0.0199. The van der Waals surface area contributed by atoms with Gasteiger partial charge in [0.1, 0.15) is 73.2 Å². The molecule has 650 valence electrons. The Balaban J connectivity index is 1.32. The van der Waals surface area contributed by atoms with Crippen LogP contribution in [0.15, 0.2) is 60.8 Å². The van der Waals surface area contributed by atoms with E-state index in [1.807, 2.05) is 6.08 Å². The number of aliphatic hydroxyl groups is 11. The second-order valence-electron chi connectivity index (χ2n) is 32.7. The van der Waals surface area contributed by atoms with E-state index < -0.39 is 124 Å². The molecule has 0 spiro atoms. The Morgan fingerprint density at radius 2 is 0.622 bits per heavy atom. The number of aliphatic hydroxyl groups excluding tert-OH is 11. The Kier molecular flexibility index (Phi) is 66.2. The minimum Gasteiger partial charge on any atom is -0.394 e. The van der Waals surface area contributed by atoms with Gasteiger partial charge < -0.3 is 89.9 Å². The number of unbranched alkanes of at least 4 members (excludes halogenated alkanes) is 51. The molecule has 3 rings (SSSR count). The molecule has 0 aromatic carbocycles. The fraction of sp³-hybridized carbons (Fsp3) is 0.880. The van der Waals surface area contributed by atoms with Crippen LogP contribution in [0.2, 0.25) is 0 Å². The van der Waals surface area contributed by atoms with Gasteiger partial charge in [-0.05, 0) is 57.8 Å². The van der Waals surface area contributed by atoms with Gasteiger partial charge >= 0.3 is 0 Å². The van der Waals surface area contributed by atoms with E-state index in [1.54, 1.807) is 6.08 Å². The molecule has 19 nitrogen and oxygen atoms in total. The summed E-state index contributed by atoms with van der Waals surface area (Å²) in [5, 5.41) is 121. The Bertz CT molecular complexity index is 2230. The summed E-state index contributed by atoms with van der Waals surface area (Å²) in [6.07, 6.45) is 68.1. The van der Waals surface area contributed by atoms with Gasteiger partial charge in [0.2, 0.25) is 5.91 Å². The third kappa shape index (κ3) is 50.1. The van der Waals surface area contributed by atoms with Crippen molar-refractivity contribution in [2.75, 3.05) is 26.4 Å². The normalized spacial score (nSPS) is 25.3. The summed E-state index contributed by atoms with van der Waals surface area (Å²) in [5.41, 5.74) is 0. The van der Waals surface area contributed by atoms with Crippen molar-refractivity contribution in [3.05, 3.63) is 60.8 Å². The third-order valence-corrected chi connectivity index (χ3v) is 22.8. The van der Waals surface area contributed by atoms with E-state index in [0.717, 1.165) is 70.6 Å². The third-order valence-electron chi connectivity index (χ3n) is 22.8. The maximum absolute atomic E-state index is 13.5. The highest BCUT2D eigenvalue weighted by molar-refractivity contribution is 5.76. The maximum Gasteiger partial charge on any atom is 0.220 e. The summed E-state index contributed by atoms with van der Waals surface area (Å²) >= 11 is 0. The molecule has 0 aliphatic carbocycles. The molecule has 12 N–H and O–H groups in total. The van der Waals surface area contributed by atoms with Crippen molar-refractivity contribution in [2.24, 2.45) is 0 Å². The van der Waals surface area contributed by atoms with Crippen molar-refractivity contribution in [1.82, 2.24) is 5.32 Å². The second-order valence-corrected chi connectivity index (χ2v) is 32.7. The molecule has 17 atom stereocenters. The van der Waals surface area contributed by atoms with E-state index in [0.29, 0.717) is 6.42 Å². The smallest absolute Gasteiger partial charge is 0.220 e. The fourth-order valence-corrected chi connectivity index (χ4v) is 15.5. The number of carbonyl (C=O) groups excluding carboxylic acids is 1. The van der Waals surface area contributed by atoms with Gasteiger partial charge in [0.15, 0.2) is 18.9 Å². The van der Waals surface area contributed by atoms with E-state index in [9.17, 15) is 61.0 Å². The molecule has 0 aromatic rings. The first-order chi connectivity index (χ1) is 54.3. The first-order valence-electron chi connectivity index (χ1n) is 46.0. The van der Waals surface area contributed by atoms with Crippen molar-refractivity contribution in [2.45, 2.75) is 491 Å². The Hall–Kier alpha value is -2.51. The van der Waals surface area contributed by atoms with Crippen molar-refractivity contribution in [1.29, 1.82) is 0 Å². The Labute approximate surface area is 675 Å². The highest BCUT2D eigenvalue weighted by Crippen LogP contribution is 2.34. The molecule has 3 heterocycles. The van der Waals surface area contributed by atoms with E-state index in [4.69, 9.17) is 28.4 Å². The molecular weight excluding hydrogens is 1410 g/mol. The molecule has 0 saturated carbocycles. The van der Waals surface area contributed by atoms with Crippen LogP contribution in [0.4, 0.5) is 0 Å². The summed E-state index contributed by atoms with van der Waals surface area (Å²) in [6, 6.07) is -0.976. The van der Waals surface area contributed by atoms with Crippen LogP contribution in [0.3, 0.4) is 0 Å². The number of carbonyl (C=O) groups is 1. The van der Waals surface area contributed by atoms with E-state index in [2.05, 4.69) is 67.8 Å². The maximum atomic E-state index is 13.5. The monoisotopic (exact) mass is 1580 g/mol. The largest absolute Gasteiger partial charge is 0.394 e. The number of allylic oxidation sites excluding steroid dienone is 9. The van der Waals surface area contributed by atoms with Crippen LogP contribution in [0.1, 0.15) is 386 Å². The predicted octanol–water partition coefficient (Wildman–Crippen LogP) is 17.7. The van der Waals surface area contributed by atoms with Crippen LogP contribution in [0, 0.1) is 0 Å². The number of hydrogen-bond donors (Lipinski definition) is 12. The Morgan fingerprint density at radius 3 is 0.973 bits per heavy atom. The number of hydrogen-bond acceptors (Lipinski definition) is 18. The number of nitrogens with one attached hydrogen (secondary N) is 1. The van der Waals surface area contributed by atoms with Crippen LogP contribution in [0.25, 0.3) is 0 Å². The SMILES string of the molecule is CC/C=C\C/C=C\C/C=C\C/C=C\CCCCCCCCCCCCCCCCCCCCCCC(=O)NC(COC1OC(CO)C(OC2OC(CO)C(OC3OC(CO)C(O)C(O)C3O)C(O)C2O)C(O)C1O)C(O)/C=C/CCCCCCCCCCCCCCCCCCCCCCCCCCCCCCCCC. The lowest BCUT2D eigenvalue weighted by Gasteiger charge is -2.48. The second kappa shape index (κ2) is 71.6. The summed E-state index contributed by atoms with van der Waals surface area (Å²) in [4.78, 5) is 13.5. The summed E-state index contributed by atoms with van der Waals surface area (Å²) in [6.45, 7) is 1.69. The Morgan fingerprint density at radius 1 is 0.333 bits per heavy atom. The lowest BCUT2D eigenvalue weighted by molar-refractivity contribution is -0.379. The lowest BCUT2D eigenvalue weighted by Crippen LogP contribution is -2.66. The predicted molar refractivity (Wildman–Crippen MR) is 448 cm³/mol. The summed E-state index contributed by atoms with van der Waals surface area (Å²) < 4.78 is 34.6. The van der Waals surface area contributed by atoms with Gasteiger partial charge in [0.25, 0.3) is 0 Å². The minimum absolute atomic E-state index is 0.245. The van der Waals surface area contributed by atoms with Crippen LogP contribution < -0.4 is 5.32 Å².